The normalized spacial score (nSPS) is 14.5. The van der Waals surface area contributed by atoms with E-state index in [2.05, 4.69) is 15.2 Å². The summed E-state index contributed by atoms with van der Waals surface area (Å²) in [6.07, 6.45) is -1.12. The van der Waals surface area contributed by atoms with Crippen LogP contribution in [0.3, 0.4) is 0 Å². The summed E-state index contributed by atoms with van der Waals surface area (Å²) in [6.45, 7) is 6.82. The van der Waals surface area contributed by atoms with Crippen LogP contribution < -0.4 is 5.32 Å². The standard InChI is InChI=1S/C20H25N5O2.C2HF3O2/c1-15-22-17(14-23(15)2)19-13-16(18-5-3-4-7-25(18)19)20(26)21-6-8-24-9-11-27-12-10-24;3-2(4,5)1(6)7/h3-5,7,13-14H,6,8-12H2,1-2H3,(H,21,26);(H,6,7). The Kier molecular flexibility index (Phi) is 7.94. The number of ether oxygens (including phenoxy) is 1. The number of fused-ring (bicyclic) bond motifs is 1. The maximum absolute atomic E-state index is 12.8. The number of hydrogen-bond donors (Lipinski definition) is 2. The molecule has 0 spiro atoms. The SMILES string of the molecule is Cc1nc(-c2cc(C(=O)NCCN3CCOCC3)c3ccccn23)cn1C.O=C(O)C(F)(F)F. The highest BCUT2D eigenvalue weighted by atomic mass is 19.4. The molecule has 0 bridgehead atoms. The highest BCUT2D eigenvalue weighted by molar-refractivity contribution is 6.02. The fourth-order valence-corrected chi connectivity index (χ4v) is 3.46. The van der Waals surface area contributed by atoms with Crippen molar-refractivity contribution in [2.24, 2.45) is 7.05 Å². The highest BCUT2D eigenvalue weighted by Gasteiger charge is 2.38. The molecule has 0 aromatic carbocycles. The van der Waals surface area contributed by atoms with Crippen molar-refractivity contribution < 1.29 is 32.6 Å². The highest BCUT2D eigenvalue weighted by Crippen LogP contribution is 2.25. The molecule has 0 saturated carbocycles. The molecule has 0 atom stereocenters. The number of alkyl halides is 3. The van der Waals surface area contributed by atoms with Crippen LogP contribution >= 0.6 is 0 Å². The van der Waals surface area contributed by atoms with E-state index in [0.29, 0.717) is 12.1 Å². The molecule has 1 saturated heterocycles. The van der Waals surface area contributed by atoms with Crippen LogP contribution in [0.1, 0.15) is 16.2 Å². The number of carboxylic acid groups (broad SMARTS) is 1. The fraction of sp³-hybridized carbons (Fsp3) is 0.409. The van der Waals surface area contributed by atoms with Gasteiger partial charge in [0.05, 0.1) is 30.0 Å². The number of carbonyl (C=O) groups is 2. The number of carbonyl (C=O) groups excluding carboxylic acids is 1. The lowest BCUT2D eigenvalue weighted by atomic mass is 10.2. The molecule has 0 aliphatic carbocycles. The van der Waals surface area contributed by atoms with Gasteiger partial charge in [-0.2, -0.15) is 13.2 Å². The zero-order valence-corrected chi connectivity index (χ0v) is 18.8. The number of morpholine rings is 1. The molecule has 0 unspecified atom stereocenters. The molecule has 4 heterocycles. The quantitative estimate of drug-likeness (QED) is 0.580. The van der Waals surface area contributed by atoms with E-state index in [1.165, 1.54) is 0 Å². The number of imidazole rings is 1. The zero-order valence-electron chi connectivity index (χ0n) is 18.8. The lowest BCUT2D eigenvalue weighted by Gasteiger charge is -2.26. The molecule has 1 aliphatic rings. The van der Waals surface area contributed by atoms with Gasteiger partial charge in [-0.25, -0.2) is 9.78 Å². The van der Waals surface area contributed by atoms with Gasteiger partial charge >= 0.3 is 12.1 Å². The topological polar surface area (TPSA) is 101 Å². The molecule has 3 aromatic rings. The molecule has 34 heavy (non-hydrogen) atoms. The number of pyridine rings is 1. The Hall–Kier alpha value is -3.38. The van der Waals surface area contributed by atoms with Gasteiger partial charge in [-0.3, -0.25) is 9.69 Å². The molecule has 3 aromatic heterocycles. The average Bonchev–Trinajstić information content (AvgIpc) is 3.34. The first kappa shape index (κ1) is 25.2. The second-order valence-electron chi connectivity index (χ2n) is 7.70. The van der Waals surface area contributed by atoms with Gasteiger partial charge in [0.2, 0.25) is 0 Å². The Morgan fingerprint density at radius 3 is 2.50 bits per heavy atom. The Morgan fingerprint density at radius 2 is 1.91 bits per heavy atom. The van der Waals surface area contributed by atoms with Gasteiger partial charge in [0, 0.05) is 45.6 Å². The maximum atomic E-state index is 12.8. The molecule has 1 fully saturated rings. The van der Waals surface area contributed by atoms with Gasteiger partial charge in [-0.1, -0.05) is 6.07 Å². The van der Waals surface area contributed by atoms with E-state index in [-0.39, 0.29) is 5.91 Å². The molecular weight excluding hydrogens is 455 g/mol. The predicted octanol–water partition coefficient (Wildman–Crippen LogP) is 2.34. The Bertz CT molecular complexity index is 1130. The van der Waals surface area contributed by atoms with Crippen molar-refractivity contribution in [3.63, 3.8) is 0 Å². The van der Waals surface area contributed by atoms with Crippen molar-refractivity contribution in [1.29, 1.82) is 0 Å². The summed E-state index contributed by atoms with van der Waals surface area (Å²) < 4.78 is 41.1. The number of nitrogens with zero attached hydrogens (tertiary/aromatic N) is 4. The summed E-state index contributed by atoms with van der Waals surface area (Å²) in [6, 6.07) is 7.82. The second-order valence-corrected chi connectivity index (χ2v) is 7.70. The van der Waals surface area contributed by atoms with Crippen LogP contribution in [0.25, 0.3) is 16.9 Å². The van der Waals surface area contributed by atoms with Crippen molar-refractivity contribution in [1.82, 2.24) is 24.2 Å². The Morgan fingerprint density at radius 1 is 1.24 bits per heavy atom. The summed E-state index contributed by atoms with van der Waals surface area (Å²) in [5, 5.41) is 10.2. The van der Waals surface area contributed by atoms with Crippen LogP contribution in [-0.2, 0) is 16.6 Å². The first-order chi connectivity index (χ1) is 16.1. The lowest BCUT2D eigenvalue weighted by Crippen LogP contribution is -2.41. The predicted molar refractivity (Wildman–Crippen MR) is 118 cm³/mol. The summed E-state index contributed by atoms with van der Waals surface area (Å²) in [5.41, 5.74) is 3.35. The van der Waals surface area contributed by atoms with Gasteiger partial charge in [-0.05, 0) is 25.1 Å². The third-order valence-electron chi connectivity index (χ3n) is 5.35. The van der Waals surface area contributed by atoms with Crippen LogP contribution in [0.5, 0.6) is 0 Å². The summed E-state index contributed by atoms with van der Waals surface area (Å²) >= 11 is 0. The van der Waals surface area contributed by atoms with E-state index < -0.39 is 12.1 Å². The third kappa shape index (κ3) is 6.14. The van der Waals surface area contributed by atoms with Crippen molar-refractivity contribution in [3.05, 3.63) is 48.0 Å². The van der Waals surface area contributed by atoms with Crippen molar-refractivity contribution in [2.45, 2.75) is 13.1 Å². The molecule has 1 amide bonds. The third-order valence-corrected chi connectivity index (χ3v) is 5.35. The van der Waals surface area contributed by atoms with E-state index in [0.717, 1.165) is 55.6 Å². The molecular formula is C22H26F3N5O4. The lowest BCUT2D eigenvalue weighted by molar-refractivity contribution is -0.192. The van der Waals surface area contributed by atoms with Crippen molar-refractivity contribution in [2.75, 3.05) is 39.4 Å². The summed E-state index contributed by atoms with van der Waals surface area (Å²) in [5.74, 6) is -1.87. The number of halogens is 3. The molecule has 2 N–H and O–H groups in total. The molecule has 4 rings (SSSR count). The van der Waals surface area contributed by atoms with E-state index in [1.54, 1.807) is 0 Å². The molecule has 9 nitrogen and oxygen atoms in total. The Labute approximate surface area is 193 Å². The van der Waals surface area contributed by atoms with Crippen LogP contribution in [0, 0.1) is 6.92 Å². The van der Waals surface area contributed by atoms with Crippen molar-refractivity contribution >= 4 is 17.4 Å². The van der Waals surface area contributed by atoms with E-state index in [4.69, 9.17) is 14.6 Å². The average molecular weight is 481 g/mol. The summed E-state index contributed by atoms with van der Waals surface area (Å²) in [7, 11) is 1.97. The Balaban J connectivity index is 0.000000406. The second kappa shape index (κ2) is 10.7. The fourth-order valence-electron chi connectivity index (χ4n) is 3.46. The van der Waals surface area contributed by atoms with Gasteiger partial charge in [-0.15, -0.1) is 0 Å². The monoisotopic (exact) mass is 481 g/mol. The number of rotatable bonds is 5. The number of hydrogen-bond acceptors (Lipinski definition) is 5. The first-order valence-electron chi connectivity index (χ1n) is 10.6. The minimum atomic E-state index is -5.08. The van der Waals surface area contributed by atoms with Crippen LogP contribution in [0.2, 0.25) is 0 Å². The van der Waals surface area contributed by atoms with Crippen LogP contribution in [-0.4, -0.2) is 81.4 Å². The van der Waals surface area contributed by atoms with E-state index in [1.807, 2.05) is 59.6 Å². The minimum absolute atomic E-state index is 0.0501. The number of amides is 1. The molecule has 1 aliphatic heterocycles. The summed E-state index contributed by atoms with van der Waals surface area (Å²) in [4.78, 5) is 28.6. The number of nitrogens with one attached hydrogen (secondary N) is 1. The van der Waals surface area contributed by atoms with Gasteiger partial charge in [0.15, 0.2) is 0 Å². The van der Waals surface area contributed by atoms with E-state index in [9.17, 15) is 18.0 Å². The van der Waals surface area contributed by atoms with Gasteiger partial charge in [0.25, 0.3) is 5.91 Å². The first-order valence-corrected chi connectivity index (χ1v) is 10.6. The van der Waals surface area contributed by atoms with Crippen LogP contribution in [0.15, 0.2) is 36.7 Å². The smallest absolute Gasteiger partial charge is 0.475 e. The molecule has 12 heteroatoms. The molecule has 184 valence electrons. The molecule has 0 radical (unpaired) electrons. The maximum Gasteiger partial charge on any atom is 0.490 e. The number of aromatic nitrogens is 3. The van der Waals surface area contributed by atoms with Crippen molar-refractivity contribution in [3.8, 4) is 11.4 Å². The van der Waals surface area contributed by atoms with Crippen LogP contribution in [0.4, 0.5) is 13.2 Å². The largest absolute Gasteiger partial charge is 0.490 e. The zero-order chi connectivity index (χ0) is 24.9. The minimum Gasteiger partial charge on any atom is -0.475 e. The number of carboxylic acids is 1. The van der Waals surface area contributed by atoms with E-state index >= 15 is 0 Å². The number of aliphatic carboxylic acids is 1. The van der Waals surface area contributed by atoms with Gasteiger partial charge in [0.1, 0.15) is 11.5 Å². The number of aryl methyl sites for hydroxylation is 2. The van der Waals surface area contributed by atoms with Gasteiger partial charge < -0.3 is 24.1 Å².